The maximum Gasteiger partial charge on any atom is 0.410 e. The first-order chi connectivity index (χ1) is 25.5. The standard InChI is InChI=1S/C38H50N10O6/c1-9-10-18-47-29-31(42-33(47)46-17-13-14-25(23-46)39-34(50)53-37(2,3)4)43(8)35(51)48(32(29)49)24-28-40-27-16-12-11-15-26(27)30(41-28)44-19-21-45(22-20-44)36(52)54-38(5,6)7/h11-12,15-16,25H,13-14,17-24H2,1-8H3,(H,39,50). The zero-order valence-electron chi connectivity index (χ0n) is 32.4. The van der Waals surface area contributed by atoms with E-state index in [1.54, 1.807) is 23.4 Å². The predicted octanol–water partition coefficient (Wildman–Crippen LogP) is 3.46. The number of hydrogen-bond donors (Lipinski definition) is 1. The summed E-state index contributed by atoms with van der Waals surface area (Å²) in [4.78, 5) is 74.0. The number of para-hydroxylation sites is 1. The molecule has 6 rings (SSSR count). The van der Waals surface area contributed by atoms with Crippen LogP contribution in [0.25, 0.3) is 22.1 Å². The van der Waals surface area contributed by atoms with Crippen molar-refractivity contribution in [2.24, 2.45) is 7.05 Å². The first kappa shape index (κ1) is 38.1. The van der Waals surface area contributed by atoms with Gasteiger partial charge in [0.25, 0.3) is 5.56 Å². The molecule has 2 aliphatic heterocycles. The molecule has 0 aliphatic carbocycles. The van der Waals surface area contributed by atoms with Crippen LogP contribution in [0.2, 0.25) is 0 Å². The van der Waals surface area contributed by atoms with Crippen LogP contribution in [0.5, 0.6) is 0 Å². The fraction of sp³-hybridized carbons (Fsp3) is 0.553. The summed E-state index contributed by atoms with van der Waals surface area (Å²) in [5.41, 5.74) is -1.18. The molecule has 16 heteroatoms. The van der Waals surface area contributed by atoms with E-state index in [0.29, 0.717) is 62.4 Å². The molecular weight excluding hydrogens is 692 g/mol. The van der Waals surface area contributed by atoms with Gasteiger partial charge in [-0.25, -0.2) is 24.4 Å². The lowest BCUT2D eigenvalue weighted by molar-refractivity contribution is 0.0240. The highest BCUT2D eigenvalue weighted by Gasteiger charge is 2.30. The van der Waals surface area contributed by atoms with Gasteiger partial charge < -0.3 is 29.5 Å². The fourth-order valence-electron chi connectivity index (χ4n) is 6.79. The summed E-state index contributed by atoms with van der Waals surface area (Å²) in [5, 5.41) is 3.79. The van der Waals surface area contributed by atoms with Gasteiger partial charge in [0.05, 0.1) is 18.6 Å². The van der Waals surface area contributed by atoms with E-state index < -0.39 is 28.5 Å². The molecule has 5 heterocycles. The number of hydrogen-bond acceptors (Lipinski definition) is 11. The summed E-state index contributed by atoms with van der Waals surface area (Å²) in [6.07, 6.45) is 0.672. The third-order valence-corrected chi connectivity index (χ3v) is 9.21. The van der Waals surface area contributed by atoms with E-state index in [1.807, 2.05) is 70.7 Å². The van der Waals surface area contributed by atoms with Crippen molar-refractivity contribution in [3.63, 3.8) is 0 Å². The minimum atomic E-state index is -0.631. The minimum absolute atomic E-state index is 0.169. The first-order valence-corrected chi connectivity index (χ1v) is 18.4. The Hall–Kier alpha value is -5.59. The number of alkyl carbamates (subject to hydrolysis) is 1. The smallest absolute Gasteiger partial charge is 0.410 e. The van der Waals surface area contributed by atoms with E-state index >= 15 is 0 Å². The van der Waals surface area contributed by atoms with E-state index in [2.05, 4.69) is 22.1 Å². The number of aryl methyl sites for hydroxylation is 1. The maximum atomic E-state index is 14.4. The molecule has 1 atom stereocenters. The first-order valence-electron chi connectivity index (χ1n) is 18.4. The van der Waals surface area contributed by atoms with Gasteiger partial charge >= 0.3 is 17.9 Å². The molecule has 2 amide bonds. The van der Waals surface area contributed by atoms with Crippen LogP contribution in [0.15, 0.2) is 33.9 Å². The van der Waals surface area contributed by atoms with Crippen molar-refractivity contribution in [3.8, 4) is 11.8 Å². The van der Waals surface area contributed by atoms with E-state index in [0.717, 1.165) is 22.8 Å². The van der Waals surface area contributed by atoms with Crippen LogP contribution in [0, 0.1) is 11.8 Å². The van der Waals surface area contributed by atoms with Crippen molar-refractivity contribution in [2.45, 2.75) is 91.6 Å². The topological polar surface area (TPSA) is 162 Å². The number of benzene rings is 1. The lowest BCUT2D eigenvalue weighted by Crippen LogP contribution is -2.50. The average molecular weight is 743 g/mol. The lowest BCUT2D eigenvalue weighted by Gasteiger charge is -2.36. The third-order valence-electron chi connectivity index (χ3n) is 9.21. The molecule has 1 aromatic carbocycles. The second-order valence-corrected chi connectivity index (χ2v) is 15.7. The number of anilines is 2. The number of nitrogens with zero attached hydrogens (tertiary/aromatic N) is 9. The summed E-state index contributed by atoms with van der Waals surface area (Å²) >= 11 is 0. The number of piperidine rings is 1. The van der Waals surface area contributed by atoms with Gasteiger partial charge in [-0.1, -0.05) is 18.1 Å². The molecule has 1 unspecified atom stereocenters. The van der Waals surface area contributed by atoms with Gasteiger partial charge in [0.15, 0.2) is 17.0 Å². The maximum absolute atomic E-state index is 14.4. The lowest BCUT2D eigenvalue weighted by atomic mass is 10.1. The van der Waals surface area contributed by atoms with Gasteiger partial charge in [-0.3, -0.25) is 18.5 Å². The number of piperazine rings is 1. The predicted molar refractivity (Wildman–Crippen MR) is 206 cm³/mol. The Labute approximate surface area is 314 Å². The quantitative estimate of drug-likeness (QED) is 0.288. The summed E-state index contributed by atoms with van der Waals surface area (Å²) in [6, 6.07) is 7.40. The number of nitrogens with one attached hydrogen (secondary N) is 1. The molecule has 2 aliphatic rings. The van der Waals surface area contributed by atoms with Crippen molar-refractivity contribution >= 4 is 46.0 Å². The van der Waals surface area contributed by atoms with Crippen molar-refractivity contribution < 1.29 is 19.1 Å². The molecule has 0 bridgehead atoms. The summed E-state index contributed by atoms with van der Waals surface area (Å²) < 4.78 is 15.3. The molecule has 2 fully saturated rings. The molecule has 4 aromatic rings. The SMILES string of the molecule is CC#CCn1c(N2CCCC(NC(=O)OC(C)(C)C)C2)nc2c1c(=O)n(Cc1nc(N3CCN(C(=O)OC(C)(C)C)CC3)c3ccccc3n1)c(=O)n2C. The minimum Gasteiger partial charge on any atom is -0.444 e. The molecule has 2 saturated heterocycles. The van der Waals surface area contributed by atoms with Crippen LogP contribution >= 0.6 is 0 Å². The second kappa shape index (κ2) is 15.0. The molecule has 16 nitrogen and oxygen atoms in total. The van der Waals surface area contributed by atoms with E-state index in [1.165, 1.54) is 4.57 Å². The number of aromatic nitrogens is 6. The van der Waals surface area contributed by atoms with Gasteiger partial charge in [0.2, 0.25) is 5.95 Å². The molecule has 1 N–H and O–H groups in total. The second-order valence-electron chi connectivity index (χ2n) is 15.7. The Balaban J connectivity index is 1.33. The van der Waals surface area contributed by atoms with Crippen LogP contribution in [0.3, 0.4) is 0 Å². The van der Waals surface area contributed by atoms with Gasteiger partial charge in [-0.15, -0.1) is 5.92 Å². The zero-order chi connectivity index (χ0) is 38.9. The van der Waals surface area contributed by atoms with E-state index in [9.17, 15) is 19.2 Å². The zero-order valence-corrected chi connectivity index (χ0v) is 32.4. The van der Waals surface area contributed by atoms with Crippen molar-refractivity contribution in [2.75, 3.05) is 49.1 Å². The molecule has 288 valence electrons. The van der Waals surface area contributed by atoms with E-state index in [-0.39, 0.29) is 36.4 Å². The Morgan fingerprint density at radius 1 is 0.907 bits per heavy atom. The molecule has 3 aromatic heterocycles. The van der Waals surface area contributed by atoms with Crippen LogP contribution in [-0.2, 0) is 29.6 Å². The highest BCUT2D eigenvalue weighted by molar-refractivity contribution is 5.89. The number of carbonyl (C=O) groups excluding carboxylic acids is 2. The van der Waals surface area contributed by atoms with Crippen LogP contribution in [0.4, 0.5) is 21.4 Å². The molecular formula is C38H50N10O6. The van der Waals surface area contributed by atoms with Crippen LogP contribution < -0.4 is 26.4 Å². The number of carbonyl (C=O) groups is 2. The monoisotopic (exact) mass is 742 g/mol. The number of rotatable bonds is 6. The van der Waals surface area contributed by atoms with Gasteiger partial charge in [-0.05, 0) is 73.4 Å². The normalized spacial score (nSPS) is 16.7. The fourth-order valence-corrected chi connectivity index (χ4v) is 6.79. The van der Waals surface area contributed by atoms with Gasteiger partial charge in [0, 0.05) is 57.7 Å². The molecule has 0 spiro atoms. The Morgan fingerprint density at radius 2 is 1.61 bits per heavy atom. The number of fused-ring (bicyclic) bond motifs is 2. The van der Waals surface area contributed by atoms with Gasteiger partial charge in [-0.2, -0.15) is 4.98 Å². The highest BCUT2D eigenvalue weighted by Crippen LogP contribution is 2.27. The summed E-state index contributed by atoms with van der Waals surface area (Å²) in [5.74, 6) is 7.42. The van der Waals surface area contributed by atoms with Crippen molar-refractivity contribution in [1.29, 1.82) is 0 Å². The Morgan fingerprint density at radius 3 is 2.30 bits per heavy atom. The molecule has 0 saturated carbocycles. The highest BCUT2D eigenvalue weighted by atomic mass is 16.6. The van der Waals surface area contributed by atoms with Crippen LogP contribution in [-0.4, -0.2) is 102 Å². The average Bonchev–Trinajstić information content (AvgIpc) is 3.49. The molecule has 0 radical (unpaired) electrons. The third kappa shape index (κ3) is 8.30. The summed E-state index contributed by atoms with van der Waals surface area (Å²) in [7, 11) is 1.59. The van der Waals surface area contributed by atoms with Crippen LogP contribution in [0.1, 0.15) is 67.1 Å². The molecule has 54 heavy (non-hydrogen) atoms. The number of imidazole rings is 1. The summed E-state index contributed by atoms with van der Waals surface area (Å²) in [6.45, 7) is 15.7. The van der Waals surface area contributed by atoms with Crippen molar-refractivity contribution in [3.05, 3.63) is 50.9 Å². The Bertz CT molecular complexity index is 2240. The number of amides is 2. The van der Waals surface area contributed by atoms with Crippen molar-refractivity contribution in [1.82, 2.24) is 38.9 Å². The largest absolute Gasteiger partial charge is 0.444 e. The Kier molecular flexibility index (Phi) is 10.6. The van der Waals surface area contributed by atoms with E-state index in [4.69, 9.17) is 24.4 Å². The number of ether oxygens (including phenoxy) is 2. The van der Waals surface area contributed by atoms with Gasteiger partial charge in [0.1, 0.15) is 17.0 Å².